The topological polar surface area (TPSA) is 99.6 Å². The lowest BCUT2D eigenvalue weighted by Crippen LogP contribution is -2.28. The minimum absolute atomic E-state index is 0.238. The molecule has 0 aromatic carbocycles. The van der Waals surface area contributed by atoms with E-state index in [0.29, 0.717) is 0 Å². The Morgan fingerprint density at radius 2 is 2.33 bits per heavy atom. The maximum absolute atomic E-state index is 13.1. The molecule has 1 aromatic heterocycles. The lowest BCUT2D eigenvalue weighted by molar-refractivity contribution is -0.314. The van der Waals surface area contributed by atoms with Gasteiger partial charge in [-0.3, -0.25) is 4.57 Å². The number of nitrogens with zero attached hydrogens (tertiary/aromatic N) is 2. The van der Waals surface area contributed by atoms with Gasteiger partial charge in [-0.15, -0.1) is 11.6 Å². The van der Waals surface area contributed by atoms with Gasteiger partial charge >= 0.3 is 5.69 Å². The van der Waals surface area contributed by atoms with Gasteiger partial charge < -0.3 is 10.8 Å². The number of aliphatic hydroxyl groups is 1. The molecule has 0 radical (unpaired) electrons. The van der Waals surface area contributed by atoms with Crippen molar-refractivity contribution in [2.45, 2.75) is 18.8 Å². The molecule has 2 heterocycles. The summed E-state index contributed by atoms with van der Waals surface area (Å²) in [5, 5.41) is 8.80. The zero-order valence-electron chi connectivity index (χ0n) is 9.55. The lowest BCUT2D eigenvalue weighted by atomic mass is 10.2. The first kappa shape index (κ1) is 14.8. The largest absolute Gasteiger partial charge is 0.394 e. The Labute approximate surface area is 107 Å². The number of aliphatic hydroxyl groups excluding tert-OH is 1. The normalized spacial score (nSPS) is 22.4. The number of rotatable bonds is 2. The van der Waals surface area contributed by atoms with Crippen molar-refractivity contribution in [2.24, 2.45) is 0 Å². The zero-order valence-corrected chi connectivity index (χ0v) is 10.3. The summed E-state index contributed by atoms with van der Waals surface area (Å²) in [6.07, 6.45) is 1.28. The van der Waals surface area contributed by atoms with Crippen LogP contribution in [0.5, 0.6) is 0 Å². The third-order valence-electron chi connectivity index (χ3n) is 2.22. The molecule has 1 aliphatic rings. The molecule has 3 N–H and O–H groups in total. The van der Waals surface area contributed by atoms with Gasteiger partial charge in [0.1, 0.15) is 6.10 Å². The molecule has 2 unspecified atom stereocenters. The van der Waals surface area contributed by atoms with Crippen LogP contribution in [0, 0.1) is 5.82 Å². The van der Waals surface area contributed by atoms with Gasteiger partial charge in [-0.1, -0.05) is 0 Å². The van der Waals surface area contributed by atoms with Gasteiger partial charge in [-0.05, 0) is 0 Å². The summed E-state index contributed by atoms with van der Waals surface area (Å²) in [6.45, 7) is -0.240. The van der Waals surface area contributed by atoms with Crippen molar-refractivity contribution in [3.8, 4) is 0 Å². The number of hydrogen-bond acceptors (Lipinski definition) is 6. The standard InChI is InChI=1S/C8H10FN3O4.CH3Cl/c9-5-2-12(8(14)11-7(5)10)6-1-4(3-13)15-16-6;1-2/h2,4,6,13H,1,3H2,(H2,10,11,14);1H3. The number of halogens is 2. The van der Waals surface area contributed by atoms with E-state index in [1.807, 2.05) is 0 Å². The van der Waals surface area contributed by atoms with Crippen LogP contribution in [-0.4, -0.2) is 33.8 Å². The Morgan fingerprint density at radius 3 is 2.89 bits per heavy atom. The van der Waals surface area contributed by atoms with E-state index in [-0.39, 0.29) is 13.0 Å². The summed E-state index contributed by atoms with van der Waals surface area (Å²) in [4.78, 5) is 24.1. The maximum atomic E-state index is 13.1. The molecule has 0 spiro atoms. The van der Waals surface area contributed by atoms with E-state index in [2.05, 4.69) is 16.6 Å². The van der Waals surface area contributed by atoms with E-state index in [0.717, 1.165) is 10.8 Å². The fourth-order valence-corrected chi connectivity index (χ4v) is 1.38. The van der Waals surface area contributed by atoms with Crippen molar-refractivity contribution in [2.75, 3.05) is 18.7 Å². The Hall–Kier alpha value is -1.22. The van der Waals surface area contributed by atoms with Gasteiger partial charge in [0.25, 0.3) is 0 Å². The van der Waals surface area contributed by atoms with E-state index < -0.39 is 29.7 Å². The maximum Gasteiger partial charge on any atom is 0.351 e. The van der Waals surface area contributed by atoms with Gasteiger partial charge in [-0.2, -0.15) is 4.98 Å². The van der Waals surface area contributed by atoms with Crippen LogP contribution in [0.15, 0.2) is 11.0 Å². The molecule has 1 aromatic rings. The van der Waals surface area contributed by atoms with Crippen molar-refractivity contribution in [1.82, 2.24) is 9.55 Å². The number of aromatic nitrogens is 2. The average Bonchev–Trinajstić information content (AvgIpc) is 2.85. The lowest BCUT2D eigenvalue weighted by Gasteiger charge is -2.10. The van der Waals surface area contributed by atoms with Crippen LogP contribution in [0.3, 0.4) is 0 Å². The first-order valence-electron chi connectivity index (χ1n) is 4.96. The molecule has 1 saturated heterocycles. The predicted octanol–water partition coefficient (Wildman–Crippen LogP) is 0.0310. The molecule has 9 heteroatoms. The molecule has 2 atom stereocenters. The number of alkyl halides is 1. The average molecular weight is 282 g/mol. The summed E-state index contributed by atoms with van der Waals surface area (Å²) in [6, 6.07) is 0. The summed E-state index contributed by atoms with van der Waals surface area (Å²) in [5.74, 6) is -1.27. The molecule has 102 valence electrons. The van der Waals surface area contributed by atoms with Crippen molar-refractivity contribution >= 4 is 17.4 Å². The Balaban J connectivity index is 0.000000771. The van der Waals surface area contributed by atoms with Gasteiger partial charge in [0.2, 0.25) is 0 Å². The highest BCUT2D eigenvalue weighted by atomic mass is 35.5. The molecule has 0 amide bonds. The molecule has 0 saturated carbocycles. The fourth-order valence-electron chi connectivity index (χ4n) is 1.38. The predicted molar refractivity (Wildman–Crippen MR) is 61.3 cm³/mol. The van der Waals surface area contributed by atoms with Crippen LogP contribution < -0.4 is 11.4 Å². The molecule has 2 rings (SSSR count). The SMILES string of the molecule is CCl.Nc1nc(=O)n(C2CC(CO)OO2)cc1F. The molecule has 0 aliphatic carbocycles. The van der Waals surface area contributed by atoms with E-state index in [9.17, 15) is 9.18 Å². The molecule has 1 aliphatic heterocycles. The van der Waals surface area contributed by atoms with Crippen molar-refractivity contribution < 1.29 is 19.3 Å². The monoisotopic (exact) mass is 281 g/mol. The van der Waals surface area contributed by atoms with Gasteiger partial charge in [0.05, 0.1) is 12.8 Å². The zero-order chi connectivity index (χ0) is 13.7. The second-order valence-corrected chi connectivity index (χ2v) is 3.35. The summed E-state index contributed by atoms with van der Waals surface area (Å²) in [7, 11) is 0. The Morgan fingerprint density at radius 1 is 1.67 bits per heavy atom. The highest BCUT2D eigenvalue weighted by Crippen LogP contribution is 2.24. The minimum atomic E-state index is -0.810. The van der Waals surface area contributed by atoms with Crippen molar-refractivity contribution in [3.05, 3.63) is 22.5 Å². The number of hydrogen-bond donors (Lipinski definition) is 2. The van der Waals surface area contributed by atoms with Crippen LogP contribution >= 0.6 is 11.6 Å². The van der Waals surface area contributed by atoms with Crippen LogP contribution in [-0.2, 0) is 9.78 Å². The quantitative estimate of drug-likeness (QED) is 0.586. The van der Waals surface area contributed by atoms with E-state index >= 15 is 0 Å². The fraction of sp³-hybridized carbons (Fsp3) is 0.556. The highest BCUT2D eigenvalue weighted by molar-refractivity contribution is 6.15. The first-order valence-corrected chi connectivity index (χ1v) is 5.72. The second kappa shape index (κ2) is 6.64. The van der Waals surface area contributed by atoms with Crippen LogP contribution in [0.2, 0.25) is 0 Å². The van der Waals surface area contributed by atoms with Crippen LogP contribution in [0.1, 0.15) is 12.6 Å². The van der Waals surface area contributed by atoms with E-state index in [1.54, 1.807) is 0 Å². The first-order chi connectivity index (χ1) is 8.61. The van der Waals surface area contributed by atoms with Crippen LogP contribution in [0.4, 0.5) is 10.2 Å². The molecule has 0 bridgehead atoms. The van der Waals surface area contributed by atoms with Gasteiger partial charge in [0.15, 0.2) is 17.9 Å². The number of anilines is 1. The molecular weight excluding hydrogens is 269 g/mol. The summed E-state index contributed by atoms with van der Waals surface area (Å²) in [5.41, 5.74) is 4.40. The molecular formula is C9H13ClFN3O4. The van der Waals surface area contributed by atoms with E-state index in [4.69, 9.17) is 20.6 Å². The van der Waals surface area contributed by atoms with Crippen LogP contribution in [0.25, 0.3) is 0 Å². The van der Waals surface area contributed by atoms with Crippen molar-refractivity contribution in [3.63, 3.8) is 0 Å². The summed E-state index contributed by atoms with van der Waals surface area (Å²) < 4.78 is 14.0. The molecule has 1 fully saturated rings. The number of nitrogen functional groups attached to an aromatic ring is 1. The van der Waals surface area contributed by atoms with Crippen molar-refractivity contribution in [1.29, 1.82) is 0 Å². The van der Waals surface area contributed by atoms with E-state index in [1.165, 1.54) is 6.38 Å². The third-order valence-corrected chi connectivity index (χ3v) is 2.22. The number of nitrogens with two attached hydrogens (primary N) is 1. The van der Waals surface area contributed by atoms with Gasteiger partial charge in [0, 0.05) is 12.8 Å². The molecule has 7 nitrogen and oxygen atoms in total. The Bertz CT molecular complexity index is 456. The highest BCUT2D eigenvalue weighted by Gasteiger charge is 2.29. The molecule has 18 heavy (non-hydrogen) atoms. The smallest absolute Gasteiger partial charge is 0.351 e. The second-order valence-electron chi connectivity index (χ2n) is 3.35. The third kappa shape index (κ3) is 3.16. The minimum Gasteiger partial charge on any atom is -0.394 e. The summed E-state index contributed by atoms with van der Waals surface area (Å²) >= 11 is 4.64. The van der Waals surface area contributed by atoms with Gasteiger partial charge in [-0.25, -0.2) is 19.0 Å². The Kier molecular flexibility index (Phi) is 5.48.